The van der Waals surface area contributed by atoms with Crippen LogP contribution >= 0.6 is 0 Å². The zero-order valence-corrected chi connectivity index (χ0v) is 17.1. The minimum atomic E-state index is -0.420. The quantitative estimate of drug-likeness (QED) is 0.299. The molecule has 0 saturated carbocycles. The summed E-state index contributed by atoms with van der Waals surface area (Å²) >= 11 is 0. The lowest BCUT2D eigenvalue weighted by Gasteiger charge is -2.08. The van der Waals surface area contributed by atoms with E-state index in [9.17, 15) is 9.59 Å². The molecule has 0 unspecified atom stereocenters. The first-order valence-corrected chi connectivity index (χ1v) is 10.4. The van der Waals surface area contributed by atoms with Crippen molar-refractivity contribution in [2.75, 3.05) is 0 Å². The Hall–Kier alpha value is -3.58. The van der Waals surface area contributed by atoms with Gasteiger partial charge < -0.3 is 0 Å². The van der Waals surface area contributed by atoms with Gasteiger partial charge >= 0.3 is 5.69 Å². The van der Waals surface area contributed by atoms with E-state index in [1.165, 1.54) is 6.07 Å². The highest BCUT2D eigenvalue weighted by Gasteiger charge is 2.07. The van der Waals surface area contributed by atoms with Crippen LogP contribution in [0.15, 0.2) is 70.3 Å². The Labute approximate surface area is 175 Å². The van der Waals surface area contributed by atoms with Crippen molar-refractivity contribution in [3.05, 3.63) is 92.8 Å². The van der Waals surface area contributed by atoms with Gasteiger partial charge in [0.25, 0.3) is 5.56 Å². The van der Waals surface area contributed by atoms with Crippen LogP contribution < -0.4 is 11.2 Å². The summed E-state index contributed by atoms with van der Waals surface area (Å²) in [6.07, 6.45) is 4.18. The van der Waals surface area contributed by atoms with Crippen LogP contribution in [0.1, 0.15) is 43.9 Å². The largest absolute Gasteiger partial charge is 0.329 e. The fourth-order valence-corrected chi connectivity index (χ4v) is 3.82. The summed E-state index contributed by atoms with van der Waals surface area (Å²) in [6, 6.07) is 19.9. The smallest absolute Gasteiger partial charge is 0.286 e. The zero-order valence-electron chi connectivity index (χ0n) is 17.1. The maximum atomic E-state index is 12.4. The molecule has 150 valence electrons. The molecule has 30 heavy (non-hydrogen) atoms. The first kappa shape index (κ1) is 19.7. The van der Waals surface area contributed by atoms with E-state index in [1.807, 2.05) is 24.3 Å². The highest BCUT2D eigenvalue weighted by Crippen LogP contribution is 2.27. The monoisotopic (exact) mass is 396 g/mol. The lowest BCUT2D eigenvalue weighted by molar-refractivity contribution is 0.556. The molecule has 0 radical (unpaired) electrons. The number of benzene rings is 3. The summed E-state index contributed by atoms with van der Waals surface area (Å²) in [5, 5.41) is 4.35. The van der Waals surface area contributed by atoms with Gasteiger partial charge in [-0.05, 0) is 40.0 Å². The number of nitrogens with one attached hydrogen (secondary N) is 1. The summed E-state index contributed by atoms with van der Waals surface area (Å²) in [6.45, 7) is 2.70. The van der Waals surface area contributed by atoms with E-state index in [-0.39, 0.29) is 0 Å². The van der Waals surface area contributed by atoms with E-state index in [0.717, 1.165) is 52.8 Å². The van der Waals surface area contributed by atoms with Gasteiger partial charge in [-0.1, -0.05) is 80.6 Å². The molecular formula is C26H24N2O2. The third-order valence-electron chi connectivity index (χ3n) is 5.36. The standard InChI is InChI=1S/C26H24N2O2/c1-2-3-4-9-16-28-21(18-25(29)27-26(28)30)14-15-24-22-12-7-5-10-19(22)17-20-11-6-8-13-23(20)24/h5-8,10-13,17-18H,2-4,9,16H2,1H3,(H,27,29,30). The van der Waals surface area contributed by atoms with Crippen molar-refractivity contribution < 1.29 is 0 Å². The summed E-state index contributed by atoms with van der Waals surface area (Å²) in [4.78, 5) is 26.7. The summed E-state index contributed by atoms with van der Waals surface area (Å²) < 4.78 is 1.58. The maximum absolute atomic E-state index is 12.4. The molecule has 0 bridgehead atoms. The average Bonchev–Trinajstić information content (AvgIpc) is 2.75. The Balaban J connectivity index is 1.85. The van der Waals surface area contributed by atoms with Gasteiger partial charge in [0.05, 0.1) is 0 Å². The number of rotatable bonds is 5. The van der Waals surface area contributed by atoms with Crippen molar-refractivity contribution in [2.45, 2.75) is 39.2 Å². The third-order valence-corrected chi connectivity index (χ3v) is 5.36. The molecule has 0 fully saturated rings. The summed E-state index contributed by atoms with van der Waals surface area (Å²) in [5.74, 6) is 6.41. The van der Waals surface area contributed by atoms with Gasteiger partial charge in [-0.3, -0.25) is 14.3 Å². The van der Waals surface area contributed by atoms with Crippen molar-refractivity contribution in [2.24, 2.45) is 0 Å². The number of H-pyrrole nitrogens is 1. The number of fused-ring (bicyclic) bond motifs is 2. The Morgan fingerprint density at radius 1 is 0.833 bits per heavy atom. The topological polar surface area (TPSA) is 54.9 Å². The first-order valence-electron chi connectivity index (χ1n) is 10.4. The Bertz CT molecular complexity index is 1330. The van der Waals surface area contributed by atoms with Crippen LogP contribution in [0.5, 0.6) is 0 Å². The van der Waals surface area contributed by atoms with E-state index in [2.05, 4.69) is 54.1 Å². The fraction of sp³-hybridized carbons (Fsp3) is 0.231. The van der Waals surface area contributed by atoms with Crippen molar-refractivity contribution >= 4 is 21.5 Å². The molecule has 1 heterocycles. The number of unbranched alkanes of at least 4 members (excludes halogenated alkanes) is 3. The molecular weight excluding hydrogens is 372 g/mol. The molecule has 4 nitrogen and oxygen atoms in total. The predicted molar refractivity (Wildman–Crippen MR) is 123 cm³/mol. The first-order chi connectivity index (χ1) is 14.7. The van der Waals surface area contributed by atoms with E-state index >= 15 is 0 Å². The number of aromatic nitrogens is 2. The molecule has 0 spiro atoms. The SMILES string of the molecule is CCCCCCn1c(C#Cc2c3ccccc3cc3ccccc23)cc(=O)[nH]c1=O. The molecule has 0 atom stereocenters. The van der Waals surface area contributed by atoms with Crippen molar-refractivity contribution in [3.8, 4) is 11.8 Å². The van der Waals surface area contributed by atoms with E-state index in [0.29, 0.717) is 12.2 Å². The van der Waals surface area contributed by atoms with Crippen molar-refractivity contribution in [1.82, 2.24) is 9.55 Å². The number of hydrogen-bond acceptors (Lipinski definition) is 2. The summed E-state index contributed by atoms with van der Waals surface area (Å²) in [7, 11) is 0. The van der Waals surface area contributed by atoms with Crippen LogP contribution in [0.25, 0.3) is 21.5 Å². The molecule has 4 heteroatoms. The van der Waals surface area contributed by atoms with Crippen LogP contribution in [-0.4, -0.2) is 9.55 Å². The highest BCUT2D eigenvalue weighted by atomic mass is 16.2. The van der Waals surface area contributed by atoms with E-state index in [1.54, 1.807) is 4.57 Å². The average molecular weight is 396 g/mol. The molecule has 0 aliphatic heterocycles. The maximum Gasteiger partial charge on any atom is 0.329 e. The van der Waals surface area contributed by atoms with Crippen LogP contribution in [-0.2, 0) is 6.54 Å². The normalized spacial score (nSPS) is 10.8. The summed E-state index contributed by atoms with van der Waals surface area (Å²) in [5.41, 5.74) is 0.550. The second kappa shape index (κ2) is 8.84. The zero-order chi connectivity index (χ0) is 20.9. The third kappa shape index (κ3) is 4.06. The molecule has 3 aromatic carbocycles. The number of hydrogen-bond donors (Lipinski definition) is 1. The minimum Gasteiger partial charge on any atom is -0.286 e. The molecule has 4 rings (SSSR count). The van der Waals surface area contributed by atoms with Crippen LogP contribution in [0.2, 0.25) is 0 Å². The van der Waals surface area contributed by atoms with Gasteiger partial charge in [0, 0.05) is 18.2 Å². The van der Waals surface area contributed by atoms with E-state index in [4.69, 9.17) is 0 Å². The van der Waals surface area contributed by atoms with Gasteiger partial charge in [0.15, 0.2) is 0 Å². The Morgan fingerprint density at radius 2 is 1.50 bits per heavy atom. The van der Waals surface area contributed by atoms with Crippen molar-refractivity contribution in [1.29, 1.82) is 0 Å². The van der Waals surface area contributed by atoms with Crippen molar-refractivity contribution in [3.63, 3.8) is 0 Å². The minimum absolute atomic E-state index is 0.397. The lowest BCUT2D eigenvalue weighted by Crippen LogP contribution is -2.31. The molecule has 0 aliphatic carbocycles. The van der Waals surface area contributed by atoms with Gasteiger partial charge in [-0.25, -0.2) is 4.79 Å². The molecule has 0 saturated heterocycles. The molecule has 0 amide bonds. The second-order valence-electron chi connectivity index (χ2n) is 7.48. The fourth-order valence-electron chi connectivity index (χ4n) is 3.82. The molecule has 1 N–H and O–H groups in total. The van der Waals surface area contributed by atoms with Crippen LogP contribution in [0.3, 0.4) is 0 Å². The Morgan fingerprint density at radius 3 is 2.17 bits per heavy atom. The van der Waals surface area contributed by atoms with Gasteiger partial charge in [0.2, 0.25) is 0 Å². The second-order valence-corrected chi connectivity index (χ2v) is 7.48. The lowest BCUT2D eigenvalue weighted by atomic mass is 9.97. The van der Waals surface area contributed by atoms with Gasteiger partial charge in [0.1, 0.15) is 5.69 Å². The van der Waals surface area contributed by atoms with Crippen LogP contribution in [0.4, 0.5) is 0 Å². The highest BCUT2D eigenvalue weighted by molar-refractivity contribution is 6.04. The molecule has 0 aliphatic rings. The van der Waals surface area contributed by atoms with Gasteiger partial charge in [-0.15, -0.1) is 0 Å². The number of aromatic amines is 1. The number of nitrogens with zero attached hydrogens (tertiary/aromatic N) is 1. The van der Waals surface area contributed by atoms with Crippen LogP contribution in [0, 0.1) is 11.8 Å². The Kier molecular flexibility index (Phi) is 5.81. The molecule has 1 aromatic heterocycles. The predicted octanol–water partition coefficient (Wildman–Crippen LogP) is 4.82. The van der Waals surface area contributed by atoms with Gasteiger partial charge in [-0.2, -0.15) is 0 Å². The van der Waals surface area contributed by atoms with E-state index < -0.39 is 11.2 Å². The molecule has 4 aromatic rings.